The second-order valence-corrected chi connectivity index (χ2v) is 5.15. The van der Waals surface area contributed by atoms with Crippen molar-refractivity contribution in [2.24, 2.45) is 5.92 Å². The fourth-order valence-corrected chi connectivity index (χ4v) is 2.61. The van der Waals surface area contributed by atoms with Crippen LogP contribution in [0.2, 0.25) is 0 Å². The molecule has 0 amide bonds. The maximum absolute atomic E-state index is 5.98. The van der Waals surface area contributed by atoms with Gasteiger partial charge in [0.05, 0.1) is 19.3 Å². The first-order valence-electron chi connectivity index (χ1n) is 6.81. The highest BCUT2D eigenvalue weighted by molar-refractivity contribution is 4.81. The Morgan fingerprint density at radius 2 is 2.25 bits per heavy atom. The van der Waals surface area contributed by atoms with Gasteiger partial charge in [0.15, 0.2) is 0 Å². The van der Waals surface area contributed by atoms with Crippen molar-refractivity contribution >= 4 is 0 Å². The van der Waals surface area contributed by atoms with E-state index in [9.17, 15) is 0 Å². The van der Waals surface area contributed by atoms with Gasteiger partial charge >= 0.3 is 0 Å². The summed E-state index contributed by atoms with van der Waals surface area (Å²) >= 11 is 0. The monoisotopic (exact) mass is 227 g/mol. The van der Waals surface area contributed by atoms with Crippen LogP contribution < -0.4 is 5.32 Å². The first-order chi connectivity index (χ1) is 7.88. The lowest BCUT2D eigenvalue weighted by Gasteiger charge is -2.15. The van der Waals surface area contributed by atoms with E-state index in [1.165, 1.54) is 32.1 Å². The summed E-state index contributed by atoms with van der Waals surface area (Å²) in [4.78, 5) is 0. The molecular weight excluding hydrogens is 202 g/mol. The first kappa shape index (κ1) is 12.3. The second-order valence-electron chi connectivity index (χ2n) is 5.15. The van der Waals surface area contributed by atoms with Gasteiger partial charge in [-0.1, -0.05) is 6.92 Å². The fraction of sp³-hybridized carbons (Fsp3) is 1.00. The Morgan fingerprint density at radius 1 is 1.31 bits per heavy atom. The largest absolute Gasteiger partial charge is 0.381 e. The molecule has 2 aliphatic rings. The summed E-state index contributed by atoms with van der Waals surface area (Å²) in [6, 6.07) is 0.699. The topological polar surface area (TPSA) is 30.5 Å². The average molecular weight is 227 g/mol. The first-order valence-corrected chi connectivity index (χ1v) is 6.81. The summed E-state index contributed by atoms with van der Waals surface area (Å²) < 4.78 is 11.3. The van der Waals surface area contributed by atoms with Gasteiger partial charge in [0, 0.05) is 18.6 Å². The van der Waals surface area contributed by atoms with E-state index in [1.807, 2.05) is 0 Å². The molecule has 3 atom stereocenters. The Kier molecular flexibility index (Phi) is 5.07. The van der Waals surface area contributed by atoms with Crippen LogP contribution >= 0.6 is 0 Å². The molecule has 1 aliphatic heterocycles. The molecule has 1 heterocycles. The van der Waals surface area contributed by atoms with Gasteiger partial charge in [-0.2, -0.15) is 0 Å². The maximum atomic E-state index is 5.98. The van der Waals surface area contributed by atoms with Crippen molar-refractivity contribution in [3.8, 4) is 0 Å². The minimum Gasteiger partial charge on any atom is -0.381 e. The lowest BCUT2D eigenvalue weighted by molar-refractivity contribution is 0.0292. The van der Waals surface area contributed by atoms with Crippen LogP contribution in [-0.4, -0.2) is 38.5 Å². The smallest absolute Gasteiger partial charge is 0.0590 e. The molecule has 3 unspecified atom stereocenters. The highest BCUT2D eigenvalue weighted by Gasteiger charge is 2.26. The van der Waals surface area contributed by atoms with Crippen molar-refractivity contribution in [3.63, 3.8) is 0 Å². The molecule has 2 fully saturated rings. The number of ether oxygens (including phenoxy) is 2. The predicted octanol–water partition coefficient (Wildman–Crippen LogP) is 1.96. The molecule has 94 valence electrons. The van der Waals surface area contributed by atoms with Crippen LogP contribution in [0.3, 0.4) is 0 Å². The summed E-state index contributed by atoms with van der Waals surface area (Å²) in [6.07, 6.45) is 6.62. The Labute approximate surface area is 98.9 Å². The third-order valence-electron chi connectivity index (χ3n) is 3.66. The van der Waals surface area contributed by atoms with E-state index >= 15 is 0 Å². The SMILES string of the molecule is CCCNC1CCC(OCC2CCOC2)C1. The standard InChI is InChI=1S/C13H25NO2/c1-2-6-14-12-3-4-13(8-12)16-10-11-5-7-15-9-11/h11-14H,2-10H2,1H3. The van der Waals surface area contributed by atoms with E-state index < -0.39 is 0 Å². The van der Waals surface area contributed by atoms with Gasteiger partial charge < -0.3 is 14.8 Å². The fourth-order valence-electron chi connectivity index (χ4n) is 2.61. The lowest BCUT2D eigenvalue weighted by atomic mass is 10.1. The molecule has 1 saturated carbocycles. The molecule has 0 aromatic rings. The molecule has 16 heavy (non-hydrogen) atoms. The van der Waals surface area contributed by atoms with Crippen molar-refractivity contribution in [2.45, 2.75) is 51.2 Å². The molecule has 0 spiro atoms. The van der Waals surface area contributed by atoms with Crippen LogP contribution in [0, 0.1) is 5.92 Å². The van der Waals surface area contributed by atoms with Crippen molar-refractivity contribution in [1.29, 1.82) is 0 Å². The van der Waals surface area contributed by atoms with Gasteiger partial charge in [-0.25, -0.2) is 0 Å². The van der Waals surface area contributed by atoms with E-state index in [0.717, 1.165) is 26.4 Å². The highest BCUT2D eigenvalue weighted by Crippen LogP contribution is 2.23. The number of rotatable bonds is 6. The third kappa shape index (κ3) is 3.72. The van der Waals surface area contributed by atoms with Gasteiger partial charge in [0.1, 0.15) is 0 Å². The van der Waals surface area contributed by atoms with Gasteiger partial charge in [-0.15, -0.1) is 0 Å². The zero-order valence-corrected chi connectivity index (χ0v) is 10.4. The van der Waals surface area contributed by atoms with E-state index in [0.29, 0.717) is 18.1 Å². The van der Waals surface area contributed by atoms with Gasteiger partial charge in [0.25, 0.3) is 0 Å². The summed E-state index contributed by atoms with van der Waals surface area (Å²) in [6.45, 7) is 6.11. The average Bonchev–Trinajstić information content (AvgIpc) is 2.95. The van der Waals surface area contributed by atoms with Gasteiger partial charge in [-0.05, 0) is 38.6 Å². The molecule has 1 aliphatic carbocycles. The highest BCUT2D eigenvalue weighted by atomic mass is 16.5. The zero-order chi connectivity index (χ0) is 11.2. The minimum absolute atomic E-state index is 0.495. The van der Waals surface area contributed by atoms with Crippen LogP contribution in [0.4, 0.5) is 0 Å². The van der Waals surface area contributed by atoms with Gasteiger partial charge in [-0.3, -0.25) is 0 Å². The van der Waals surface area contributed by atoms with Crippen LogP contribution in [0.15, 0.2) is 0 Å². The van der Waals surface area contributed by atoms with Crippen molar-refractivity contribution < 1.29 is 9.47 Å². The molecule has 1 N–H and O–H groups in total. The molecule has 0 bridgehead atoms. The number of hydrogen-bond acceptors (Lipinski definition) is 3. The van der Waals surface area contributed by atoms with Crippen LogP contribution in [0.5, 0.6) is 0 Å². The van der Waals surface area contributed by atoms with Gasteiger partial charge in [0.2, 0.25) is 0 Å². The summed E-state index contributed by atoms with van der Waals surface area (Å²) in [5.41, 5.74) is 0. The van der Waals surface area contributed by atoms with Crippen molar-refractivity contribution in [3.05, 3.63) is 0 Å². The number of nitrogens with one attached hydrogen (secondary N) is 1. The molecule has 0 aromatic carbocycles. The van der Waals surface area contributed by atoms with Crippen molar-refractivity contribution in [1.82, 2.24) is 5.32 Å². The van der Waals surface area contributed by atoms with Crippen LogP contribution in [0.1, 0.15) is 39.0 Å². The maximum Gasteiger partial charge on any atom is 0.0590 e. The Bertz CT molecular complexity index is 192. The normalized spacial score (nSPS) is 34.7. The Morgan fingerprint density at radius 3 is 3.00 bits per heavy atom. The molecule has 3 nitrogen and oxygen atoms in total. The molecule has 1 saturated heterocycles. The van der Waals surface area contributed by atoms with Crippen molar-refractivity contribution in [2.75, 3.05) is 26.4 Å². The van der Waals surface area contributed by atoms with E-state index in [1.54, 1.807) is 0 Å². The Balaban J connectivity index is 1.57. The predicted molar refractivity (Wildman–Crippen MR) is 64.6 cm³/mol. The van der Waals surface area contributed by atoms with Crippen LogP contribution in [0.25, 0.3) is 0 Å². The third-order valence-corrected chi connectivity index (χ3v) is 3.66. The molecule has 3 heteroatoms. The molecule has 0 radical (unpaired) electrons. The Hall–Kier alpha value is -0.120. The second kappa shape index (κ2) is 6.58. The van der Waals surface area contributed by atoms with E-state index in [-0.39, 0.29) is 0 Å². The van der Waals surface area contributed by atoms with Crippen LogP contribution in [-0.2, 0) is 9.47 Å². The molecular formula is C13H25NO2. The summed E-state index contributed by atoms with van der Waals surface area (Å²) in [5, 5.41) is 3.58. The zero-order valence-electron chi connectivity index (χ0n) is 10.4. The molecule has 2 rings (SSSR count). The quantitative estimate of drug-likeness (QED) is 0.752. The minimum atomic E-state index is 0.495. The summed E-state index contributed by atoms with van der Waals surface area (Å²) in [7, 11) is 0. The summed E-state index contributed by atoms with van der Waals surface area (Å²) in [5.74, 6) is 0.655. The van der Waals surface area contributed by atoms with E-state index in [2.05, 4.69) is 12.2 Å². The van der Waals surface area contributed by atoms with E-state index in [4.69, 9.17) is 9.47 Å². The molecule has 0 aromatic heterocycles. The lowest BCUT2D eigenvalue weighted by Crippen LogP contribution is -2.28. The number of hydrogen-bond donors (Lipinski definition) is 1.